The van der Waals surface area contributed by atoms with E-state index in [1.165, 1.54) is 25.9 Å². The highest BCUT2D eigenvalue weighted by atomic mass is 32.1. The van der Waals surface area contributed by atoms with Crippen LogP contribution in [0, 0.1) is 5.92 Å². The summed E-state index contributed by atoms with van der Waals surface area (Å²) in [6.45, 7) is 6.00. The standard InChI is InChI=1S/C11H17N3O2S/c1-2-15-10-11(13-17-12-10)16-9-7-14-5-3-8(9)4-6-14/h8-9H,2-7H2,1H3/t9-/m1/s1. The Hall–Kier alpha value is -0.880. The molecule has 17 heavy (non-hydrogen) atoms. The Bertz CT molecular complexity index is 377. The zero-order valence-corrected chi connectivity index (χ0v) is 10.8. The molecule has 3 aliphatic heterocycles. The van der Waals surface area contributed by atoms with Gasteiger partial charge < -0.3 is 9.47 Å². The normalized spacial score (nSPS) is 31.5. The first-order chi connectivity index (χ1) is 8.36. The molecular weight excluding hydrogens is 238 g/mol. The van der Waals surface area contributed by atoms with E-state index in [0.29, 0.717) is 24.3 Å². The topological polar surface area (TPSA) is 47.5 Å². The summed E-state index contributed by atoms with van der Waals surface area (Å²) < 4.78 is 19.7. The second kappa shape index (κ2) is 4.78. The van der Waals surface area contributed by atoms with Gasteiger partial charge >= 0.3 is 0 Å². The van der Waals surface area contributed by atoms with Gasteiger partial charge in [0.05, 0.1) is 18.3 Å². The summed E-state index contributed by atoms with van der Waals surface area (Å²) in [4.78, 5) is 2.46. The zero-order valence-electron chi connectivity index (χ0n) is 9.96. The lowest BCUT2D eigenvalue weighted by atomic mass is 9.86. The summed E-state index contributed by atoms with van der Waals surface area (Å²) in [6.07, 6.45) is 2.75. The van der Waals surface area contributed by atoms with Gasteiger partial charge in [0, 0.05) is 6.54 Å². The van der Waals surface area contributed by atoms with Crippen molar-refractivity contribution < 1.29 is 9.47 Å². The number of ether oxygens (including phenoxy) is 2. The molecule has 0 unspecified atom stereocenters. The fraction of sp³-hybridized carbons (Fsp3) is 0.818. The van der Waals surface area contributed by atoms with Crippen LogP contribution >= 0.6 is 11.7 Å². The minimum absolute atomic E-state index is 0.264. The molecule has 94 valence electrons. The van der Waals surface area contributed by atoms with Crippen LogP contribution in [0.3, 0.4) is 0 Å². The summed E-state index contributed by atoms with van der Waals surface area (Å²) >= 11 is 1.15. The first-order valence-corrected chi connectivity index (χ1v) is 6.94. The van der Waals surface area contributed by atoms with Gasteiger partial charge in [-0.3, -0.25) is 4.90 Å². The predicted molar refractivity (Wildman–Crippen MR) is 64.7 cm³/mol. The quantitative estimate of drug-likeness (QED) is 0.814. The molecule has 1 aromatic heterocycles. The van der Waals surface area contributed by atoms with Crippen molar-refractivity contribution in [2.24, 2.45) is 5.92 Å². The Morgan fingerprint density at radius 2 is 2.06 bits per heavy atom. The third-order valence-electron chi connectivity index (χ3n) is 3.57. The van der Waals surface area contributed by atoms with Crippen LogP contribution in [-0.4, -0.2) is 46.0 Å². The summed E-state index contributed by atoms with van der Waals surface area (Å²) in [5, 5.41) is 0. The number of fused-ring (bicyclic) bond motifs is 3. The van der Waals surface area contributed by atoms with Crippen molar-refractivity contribution in [1.29, 1.82) is 0 Å². The molecule has 3 saturated heterocycles. The van der Waals surface area contributed by atoms with Crippen molar-refractivity contribution in [2.45, 2.75) is 25.9 Å². The van der Waals surface area contributed by atoms with E-state index < -0.39 is 0 Å². The number of piperidine rings is 3. The fourth-order valence-electron chi connectivity index (χ4n) is 2.66. The maximum atomic E-state index is 5.98. The lowest BCUT2D eigenvalue weighted by Gasteiger charge is -2.43. The van der Waals surface area contributed by atoms with Crippen LogP contribution in [0.15, 0.2) is 0 Å². The van der Waals surface area contributed by atoms with E-state index >= 15 is 0 Å². The summed E-state index contributed by atoms with van der Waals surface area (Å²) in [5.41, 5.74) is 0. The van der Waals surface area contributed by atoms with E-state index in [0.717, 1.165) is 18.3 Å². The molecule has 2 bridgehead atoms. The molecule has 4 rings (SSSR count). The highest BCUT2D eigenvalue weighted by Crippen LogP contribution is 2.33. The van der Waals surface area contributed by atoms with Crippen molar-refractivity contribution in [3.8, 4) is 11.8 Å². The molecule has 0 saturated carbocycles. The molecule has 1 atom stereocenters. The average Bonchev–Trinajstić information content (AvgIpc) is 2.79. The smallest absolute Gasteiger partial charge is 0.291 e. The average molecular weight is 255 g/mol. The number of hydrogen-bond acceptors (Lipinski definition) is 6. The number of hydrogen-bond donors (Lipinski definition) is 0. The van der Waals surface area contributed by atoms with E-state index in [-0.39, 0.29) is 6.10 Å². The zero-order chi connectivity index (χ0) is 11.7. The maximum absolute atomic E-state index is 5.98. The Labute approximate surface area is 105 Å². The molecule has 4 heterocycles. The molecule has 5 nitrogen and oxygen atoms in total. The summed E-state index contributed by atoms with van der Waals surface area (Å²) in [6, 6.07) is 0. The first kappa shape index (κ1) is 11.2. The molecule has 6 heteroatoms. The number of nitrogens with zero attached hydrogens (tertiary/aromatic N) is 3. The van der Waals surface area contributed by atoms with Gasteiger partial charge in [-0.1, -0.05) is 0 Å². The van der Waals surface area contributed by atoms with E-state index in [4.69, 9.17) is 9.47 Å². The Kier molecular flexibility index (Phi) is 3.15. The molecule has 0 amide bonds. The van der Waals surface area contributed by atoms with Crippen LogP contribution in [-0.2, 0) is 0 Å². The van der Waals surface area contributed by atoms with Crippen LogP contribution < -0.4 is 9.47 Å². The molecule has 0 spiro atoms. The van der Waals surface area contributed by atoms with Gasteiger partial charge in [-0.15, -0.1) is 8.75 Å². The minimum Gasteiger partial charge on any atom is -0.473 e. The molecule has 0 radical (unpaired) electrons. The van der Waals surface area contributed by atoms with Crippen LogP contribution in [0.2, 0.25) is 0 Å². The van der Waals surface area contributed by atoms with Crippen molar-refractivity contribution in [3.63, 3.8) is 0 Å². The fourth-order valence-corrected chi connectivity index (χ4v) is 3.10. The summed E-state index contributed by atoms with van der Waals surface area (Å²) in [7, 11) is 0. The van der Waals surface area contributed by atoms with Crippen molar-refractivity contribution in [1.82, 2.24) is 13.6 Å². The second-order valence-corrected chi connectivity index (χ2v) is 5.13. The highest BCUT2D eigenvalue weighted by Gasteiger charge is 2.36. The third-order valence-corrected chi connectivity index (χ3v) is 4.07. The number of aromatic nitrogens is 2. The number of rotatable bonds is 4. The molecule has 3 aliphatic rings. The molecule has 0 aromatic carbocycles. The largest absolute Gasteiger partial charge is 0.473 e. The predicted octanol–water partition coefficient (Wildman–Crippen LogP) is 1.41. The van der Waals surface area contributed by atoms with E-state index in [1.807, 2.05) is 6.92 Å². The van der Waals surface area contributed by atoms with Gasteiger partial charge in [0.25, 0.3) is 11.8 Å². The van der Waals surface area contributed by atoms with Crippen molar-refractivity contribution >= 4 is 11.7 Å². The van der Waals surface area contributed by atoms with Crippen molar-refractivity contribution in [3.05, 3.63) is 0 Å². The van der Waals surface area contributed by atoms with Crippen molar-refractivity contribution in [2.75, 3.05) is 26.2 Å². The van der Waals surface area contributed by atoms with Crippen LogP contribution in [0.1, 0.15) is 19.8 Å². The molecule has 1 aromatic rings. The van der Waals surface area contributed by atoms with Gasteiger partial charge in [0.2, 0.25) is 0 Å². The van der Waals surface area contributed by atoms with Gasteiger partial charge in [-0.25, -0.2) is 0 Å². The Morgan fingerprint density at radius 3 is 2.71 bits per heavy atom. The Morgan fingerprint density at radius 1 is 1.29 bits per heavy atom. The van der Waals surface area contributed by atoms with Crippen LogP contribution in [0.25, 0.3) is 0 Å². The monoisotopic (exact) mass is 255 g/mol. The van der Waals surface area contributed by atoms with Crippen LogP contribution in [0.4, 0.5) is 0 Å². The molecule has 3 fully saturated rings. The van der Waals surface area contributed by atoms with Gasteiger partial charge in [0.15, 0.2) is 0 Å². The van der Waals surface area contributed by atoms with Gasteiger partial charge in [-0.05, 0) is 38.8 Å². The molecule has 0 N–H and O–H groups in total. The lowest BCUT2D eigenvalue weighted by Crippen LogP contribution is -2.52. The lowest BCUT2D eigenvalue weighted by molar-refractivity contribution is -0.0110. The molecular formula is C11H17N3O2S. The van der Waals surface area contributed by atoms with Gasteiger partial charge in [0.1, 0.15) is 6.10 Å². The van der Waals surface area contributed by atoms with E-state index in [2.05, 4.69) is 13.6 Å². The van der Waals surface area contributed by atoms with Gasteiger partial charge in [-0.2, -0.15) is 0 Å². The summed E-state index contributed by atoms with van der Waals surface area (Å²) in [5.74, 6) is 1.81. The third kappa shape index (κ3) is 2.24. The maximum Gasteiger partial charge on any atom is 0.291 e. The highest BCUT2D eigenvalue weighted by molar-refractivity contribution is 6.99. The first-order valence-electron chi connectivity index (χ1n) is 6.21. The minimum atomic E-state index is 0.264. The van der Waals surface area contributed by atoms with Crippen LogP contribution in [0.5, 0.6) is 11.8 Å². The Balaban J connectivity index is 1.68. The second-order valence-electron chi connectivity index (χ2n) is 4.60. The van der Waals surface area contributed by atoms with E-state index in [9.17, 15) is 0 Å². The SMILES string of the molecule is CCOc1nsnc1O[C@@H]1CN2CCC1CC2. The van der Waals surface area contributed by atoms with E-state index in [1.54, 1.807) is 0 Å². The molecule has 0 aliphatic carbocycles.